The van der Waals surface area contributed by atoms with Crippen LogP contribution in [0.3, 0.4) is 0 Å². The van der Waals surface area contributed by atoms with Gasteiger partial charge in [-0.15, -0.1) is 0 Å². The monoisotopic (exact) mass is 459 g/mol. The Bertz CT molecular complexity index is 1330. The van der Waals surface area contributed by atoms with Gasteiger partial charge in [0.25, 0.3) is 0 Å². The summed E-state index contributed by atoms with van der Waals surface area (Å²) in [6.07, 6.45) is 8.79. The second-order valence-corrected chi connectivity index (χ2v) is 10.2. The first kappa shape index (κ1) is 20.8. The van der Waals surface area contributed by atoms with E-state index in [0.29, 0.717) is 23.9 Å². The average molecular weight is 460 g/mol. The van der Waals surface area contributed by atoms with Crippen molar-refractivity contribution in [2.24, 2.45) is 5.92 Å². The third kappa shape index (κ3) is 3.64. The highest BCUT2D eigenvalue weighted by atomic mass is 16.5. The van der Waals surface area contributed by atoms with Gasteiger partial charge in [0.2, 0.25) is 0 Å². The summed E-state index contributed by atoms with van der Waals surface area (Å²) in [5, 5.41) is 0. The van der Waals surface area contributed by atoms with E-state index in [-0.39, 0.29) is 0 Å². The molecule has 2 aromatic heterocycles. The normalized spacial score (nSPS) is 24.9. The van der Waals surface area contributed by atoms with Crippen molar-refractivity contribution < 1.29 is 4.74 Å². The van der Waals surface area contributed by atoms with Crippen molar-refractivity contribution in [3.8, 4) is 22.8 Å². The molecule has 3 aliphatic rings. The van der Waals surface area contributed by atoms with Crippen molar-refractivity contribution in [2.45, 2.75) is 50.2 Å². The summed E-state index contributed by atoms with van der Waals surface area (Å²) < 4.78 is 6.48. The standard InChI is InChI=1S/C31H29N3O/c1-2-12-28-26(9-1)30(31-25(10-7-13-29(31)35-28)27-11-4-6-17-33-27)21-18-23-14-15-24(19-21)34(23)20-22-8-3-5-16-32-22/h1-13,16-17,21,23-24,30H,14-15,18-20H2/t23-,24-,30?/m0/s1. The molecule has 174 valence electrons. The minimum absolute atomic E-state index is 0.313. The highest BCUT2D eigenvalue weighted by Crippen LogP contribution is 2.55. The maximum Gasteiger partial charge on any atom is 0.131 e. The Labute approximate surface area is 206 Å². The quantitative estimate of drug-likeness (QED) is 0.335. The van der Waals surface area contributed by atoms with Crippen molar-refractivity contribution >= 4 is 0 Å². The van der Waals surface area contributed by atoms with Crippen LogP contribution in [0.5, 0.6) is 11.5 Å². The molecule has 3 atom stereocenters. The molecule has 4 nitrogen and oxygen atoms in total. The molecule has 0 radical (unpaired) electrons. The Morgan fingerprint density at radius 1 is 0.743 bits per heavy atom. The Morgan fingerprint density at radius 3 is 2.26 bits per heavy atom. The predicted molar refractivity (Wildman–Crippen MR) is 137 cm³/mol. The molecule has 35 heavy (non-hydrogen) atoms. The zero-order valence-corrected chi connectivity index (χ0v) is 19.8. The first-order valence-electron chi connectivity index (χ1n) is 12.8. The van der Waals surface area contributed by atoms with Crippen molar-refractivity contribution in [2.75, 3.05) is 0 Å². The molecule has 2 saturated heterocycles. The van der Waals surface area contributed by atoms with Crippen LogP contribution in [0.25, 0.3) is 11.3 Å². The third-order valence-corrected chi connectivity index (χ3v) is 8.25. The molecule has 2 bridgehead atoms. The van der Waals surface area contributed by atoms with Gasteiger partial charge in [-0.2, -0.15) is 0 Å². The Balaban J connectivity index is 1.28. The predicted octanol–water partition coefficient (Wildman–Crippen LogP) is 6.82. The molecule has 0 N–H and O–H groups in total. The molecule has 3 aliphatic heterocycles. The molecule has 2 aromatic carbocycles. The zero-order valence-electron chi connectivity index (χ0n) is 19.8. The first-order chi connectivity index (χ1) is 17.3. The number of nitrogens with zero attached hydrogens (tertiary/aromatic N) is 3. The van der Waals surface area contributed by atoms with Crippen LogP contribution >= 0.6 is 0 Å². The van der Waals surface area contributed by atoms with E-state index in [1.54, 1.807) is 0 Å². The molecule has 0 saturated carbocycles. The minimum Gasteiger partial charge on any atom is -0.457 e. The number of benzene rings is 2. The number of hydrogen-bond donors (Lipinski definition) is 0. The van der Waals surface area contributed by atoms with E-state index >= 15 is 0 Å². The van der Waals surface area contributed by atoms with E-state index in [1.165, 1.54) is 48.1 Å². The summed E-state index contributed by atoms with van der Waals surface area (Å²) in [5.41, 5.74) is 6.04. The van der Waals surface area contributed by atoms with Crippen LogP contribution in [-0.2, 0) is 6.54 Å². The number of rotatable bonds is 4. The maximum atomic E-state index is 6.48. The SMILES string of the molecule is c1ccc(CN2[C@H]3CC[C@H]2CC(C2c4ccccc4Oc4cccc(-c5ccccn5)c42)C3)nc1. The zero-order chi connectivity index (χ0) is 23.2. The van der Waals surface area contributed by atoms with Crippen LogP contribution in [0.15, 0.2) is 91.3 Å². The highest BCUT2D eigenvalue weighted by molar-refractivity contribution is 5.71. The summed E-state index contributed by atoms with van der Waals surface area (Å²) in [4.78, 5) is 12.1. The number of aromatic nitrogens is 2. The van der Waals surface area contributed by atoms with Crippen LogP contribution < -0.4 is 4.74 Å². The summed E-state index contributed by atoms with van der Waals surface area (Å²) >= 11 is 0. The first-order valence-corrected chi connectivity index (χ1v) is 12.8. The van der Waals surface area contributed by atoms with Gasteiger partial charge < -0.3 is 4.74 Å². The fraction of sp³-hybridized carbons (Fsp3) is 0.290. The molecular weight excluding hydrogens is 430 g/mol. The smallest absolute Gasteiger partial charge is 0.131 e. The van der Waals surface area contributed by atoms with Crippen LogP contribution in [-0.4, -0.2) is 27.0 Å². The fourth-order valence-electron chi connectivity index (χ4n) is 6.82. The van der Waals surface area contributed by atoms with Crippen LogP contribution in [0.2, 0.25) is 0 Å². The van der Waals surface area contributed by atoms with E-state index in [1.807, 2.05) is 24.5 Å². The number of pyridine rings is 2. The summed E-state index contributed by atoms with van der Waals surface area (Å²) in [5.74, 6) is 2.88. The molecule has 2 fully saturated rings. The van der Waals surface area contributed by atoms with Gasteiger partial charge in [0, 0.05) is 53.6 Å². The molecule has 0 spiro atoms. The van der Waals surface area contributed by atoms with Crippen molar-refractivity contribution in [3.63, 3.8) is 0 Å². The molecule has 1 unspecified atom stereocenters. The van der Waals surface area contributed by atoms with E-state index in [4.69, 9.17) is 9.72 Å². The summed E-state index contributed by atoms with van der Waals surface area (Å²) in [6, 6.07) is 28.8. The second kappa shape index (κ2) is 8.62. The number of hydrogen-bond acceptors (Lipinski definition) is 4. The molecule has 5 heterocycles. The van der Waals surface area contributed by atoms with Gasteiger partial charge in [0.05, 0.1) is 11.4 Å². The maximum absolute atomic E-state index is 6.48. The van der Waals surface area contributed by atoms with Crippen LogP contribution in [0.1, 0.15) is 48.4 Å². The lowest BCUT2D eigenvalue weighted by Gasteiger charge is -2.43. The number of piperidine rings is 1. The molecule has 0 aliphatic carbocycles. The van der Waals surface area contributed by atoms with E-state index in [0.717, 1.165) is 23.7 Å². The Hall–Kier alpha value is -3.50. The molecule has 4 aromatic rings. The molecule has 0 amide bonds. The van der Waals surface area contributed by atoms with Crippen LogP contribution in [0.4, 0.5) is 0 Å². The van der Waals surface area contributed by atoms with E-state index < -0.39 is 0 Å². The lowest BCUT2D eigenvalue weighted by molar-refractivity contribution is 0.0877. The number of ether oxygens (including phenoxy) is 1. The topological polar surface area (TPSA) is 38.2 Å². The van der Waals surface area contributed by atoms with Gasteiger partial charge >= 0.3 is 0 Å². The number of fused-ring (bicyclic) bond motifs is 4. The van der Waals surface area contributed by atoms with E-state index in [2.05, 4.69) is 76.6 Å². The molecular formula is C31H29N3O. The fourth-order valence-corrected chi connectivity index (χ4v) is 6.82. The second-order valence-electron chi connectivity index (χ2n) is 10.2. The minimum atomic E-state index is 0.313. The highest BCUT2D eigenvalue weighted by Gasteiger charge is 2.45. The Kier molecular flexibility index (Phi) is 5.13. The molecule has 7 rings (SSSR count). The molecule has 4 heteroatoms. The van der Waals surface area contributed by atoms with E-state index in [9.17, 15) is 0 Å². The Morgan fingerprint density at radius 2 is 1.49 bits per heavy atom. The average Bonchev–Trinajstić information content (AvgIpc) is 3.14. The lowest BCUT2D eigenvalue weighted by atomic mass is 9.71. The van der Waals surface area contributed by atoms with Gasteiger partial charge in [-0.1, -0.05) is 42.5 Å². The van der Waals surface area contributed by atoms with Gasteiger partial charge in [-0.05, 0) is 68.0 Å². The van der Waals surface area contributed by atoms with Gasteiger partial charge in [-0.3, -0.25) is 14.9 Å². The number of para-hydroxylation sites is 1. The lowest BCUT2D eigenvalue weighted by Crippen LogP contribution is -2.44. The van der Waals surface area contributed by atoms with Crippen molar-refractivity contribution in [1.82, 2.24) is 14.9 Å². The van der Waals surface area contributed by atoms with Gasteiger partial charge in [0.15, 0.2) is 0 Å². The van der Waals surface area contributed by atoms with Crippen molar-refractivity contribution in [3.05, 3.63) is 108 Å². The van der Waals surface area contributed by atoms with Gasteiger partial charge in [-0.25, -0.2) is 0 Å². The third-order valence-electron chi connectivity index (χ3n) is 8.25. The van der Waals surface area contributed by atoms with Crippen LogP contribution in [0, 0.1) is 5.92 Å². The summed E-state index contributed by atoms with van der Waals surface area (Å²) in [7, 11) is 0. The summed E-state index contributed by atoms with van der Waals surface area (Å²) in [6.45, 7) is 0.961. The van der Waals surface area contributed by atoms with Gasteiger partial charge in [0.1, 0.15) is 11.5 Å². The van der Waals surface area contributed by atoms with Crippen molar-refractivity contribution in [1.29, 1.82) is 0 Å². The largest absolute Gasteiger partial charge is 0.457 e.